The molecule has 1 saturated carbocycles. The fourth-order valence-corrected chi connectivity index (χ4v) is 5.99. The topological polar surface area (TPSA) is 141 Å². The second-order valence-corrected chi connectivity index (χ2v) is 10.3. The quantitative estimate of drug-likeness (QED) is 0.301. The van der Waals surface area contributed by atoms with Crippen LogP contribution in [0.15, 0.2) is 59.4 Å². The summed E-state index contributed by atoms with van der Waals surface area (Å²) >= 11 is 1.13. The molecule has 0 atom stereocenters. The predicted octanol–water partition coefficient (Wildman–Crippen LogP) is 3.63. The Bertz CT molecular complexity index is 1550. The second-order valence-electron chi connectivity index (χ2n) is 9.29. The van der Waals surface area contributed by atoms with Gasteiger partial charge in [-0.25, -0.2) is 0 Å². The zero-order chi connectivity index (χ0) is 27.9. The Labute approximate surface area is 229 Å². The van der Waals surface area contributed by atoms with E-state index in [1.54, 1.807) is 36.4 Å². The summed E-state index contributed by atoms with van der Waals surface area (Å²) in [7, 11) is 1.39. The lowest BCUT2D eigenvalue weighted by atomic mass is 9.95. The van der Waals surface area contributed by atoms with Crippen molar-refractivity contribution in [1.29, 1.82) is 0 Å². The molecule has 5 rings (SSSR count). The molecule has 39 heavy (non-hydrogen) atoms. The molecule has 204 valence electrons. The van der Waals surface area contributed by atoms with E-state index in [0.29, 0.717) is 21.8 Å². The normalized spacial score (nSPS) is 13.5. The van der Waals surface area contributed by atoms with Crippen LogP contribution in [0.1, 0.15) is 52.1 Å². The average molecular weight is 550 g/mol. The van der Waals surface area contributed by atoms with Crippen LogP contribution in [0.4, 0.5) is 0 Å². The minimum atomic E-state index is -0.659. The van der Waals surface area contributed by atoms with Crippen molar-refractivity contribution in [2.24, 2.45) is 5.73 Å². The van der Waals surface area contributed by atoms with Crippen molar-refractivity contribution in [2.45, 2.75) is 44.7 Å². The van der Waals surface area contributed by atoms with E-state index in [1.165, 1.54) is 30.9 Å². The van der Waals surface area contributed by atoms with Crippen LogP contribution in [0, 0.1) is 0 Å². The van der Waals surface area contributed by atoms with Crippen molar-refractivity contribution < 1.29 is 24.2 Å². The molecule has 0 bridgehead atoms. The molecule has 2 aromatic carbocycles. The number of pyridine rings is 1. The largest absolute Gasteiger partial charge is 0.494 e. The van der Waals surface area contributed by atoms with Gasteiger partial charge in [0.25, 0.3) is 11.5 Å². The number of hydrogen-bond acceptors (Lipinski definition) is 7. The molecule has 2 amide bonds. The standard InChI is InChI=1S/C21H16N2O4S.C8H15NO2/c1-27-17-16-18(28-19(17)20(22)25)13-9-5-6-10-14(13)23(21(16)26)11-15(24)12-7-3-2-4-8-12;10-6-8(11)9-7-4-2-1-3-5-7/h2-10H,11H2,1H3,(H2,22,25);7,10H,1-6H2,(H,9,11). The highest BCUT2D eigenvalue weighted by Gasteiger charge is 2.24. The molecule has 10 heteroatoms. The molecular formula is C29H31N3O6S. The maximum atomic E-state index is 13.3. The smallest absolute Gasteiger partial charge is 0.264 e. The van der Waals surface area contributed by atoms with Crippen LogP contribution in [-0.2, 0) is 11.3 Å². The van der Waals surface area contributed by atoms with E-state index in [4.69, 9.17) is 15.6 Å². The molecule has 2 aromatic heterocycles. The van der Waals surface area contributed by atoms with Crippen LogP contribution >= 0.6 is 11.3 Å². The molecule has 1 aliphatic carbocycles. The van der Waals surface area contributed by atoms with E-state index in [-0.39, 0.29) is 40.9 Å². The number of nitrogens with zero attached hydrogens (tertiary/aromatic N) is 1. The van der Waals surface area contributed by atoms with E-state index >= 15 is 0 Å². The Kier molecular flexibility index (Phi) is 9.11. The fraction of sp³-hybridized carbons (Fsp3) is 0.310. The zero-order valence-electron chi connectivity index (χ0n) is 21.6. The second kappa shape index (κ2) is 12.7. The summed E-state index contributed by atoms with van der Waals surface area (Å²) in [4.78, 5) is 48.8. The number of Topliss-reactive ketones (excluding diaryl/α,β-unsaturated/α-hetero) is 1. The number of amides is 2. The number of para-hydroxylation sites is 1. The van der Waals surface area contributed by atoms with Gasteiger partial charge >= 0.3 is 0 Å². The lowest BCUT2D eigenvalue weighted by Crippen LogP contribution is -2.37. The van der Waals surface area contributed by atoms with Crippen LogP contribution < -0.4 is 21.3 Å². The van der Waals surface area contributed by atoms with Gasteiger partial charge < -0.3 is 20.9 Å². The molecule has 1 fully saturated rings. The molecule has 0 unspecified atom stereocenters. The molecule has 0 aliphatic heterocycles. The number of fused-ring (bicyclic) bond motifs is 3. The highest BCUT2D eigenvalue weighted by molar-refractivity contribution is 7.22. The Morgan fingerprint density at radius 2 is 1.72 bits per heavy atom. The zero-order valence-corrected chi connectivity index (χ0v) is 22.5. The first-order valence-electron chi connectivity index (χ1n) is 12.8. The highest BCUT2D eigenvalue weighted by Crippen LogP contribution is 2.39. The lowest BCUT2D eigenvalue weighted by molar-refractivity contribution is -0.124. The molecule has 0 spiro atoms. The van der Waals surface area contributed by atoms with Crippen molar-refractivity contribution in [3.63, 3.8) is 0 Å². The van der Waals surface area contributed by atoms with Gasteiger partial charge in [0.15, 0.2) is 11.5 Å². The third-order valence-electron chi connectivity index (χ3n) is 6.70. The summed E-state index contributed by atoms with van der Waals surface area (Å²) < 4.78 is 7.39. The fourth-order valence-electron chi connectivity index (χ4n) is 4.84. The van der Waals surface area contributed by atoms with E-state index in [1.807, 2.05) is 18.2 Å². The number of aliphatic hydroxyl groups excluding tert-OH is 1. The maximum Gasteiger partial charge on any atom is 0.264 e. The summed E-state index contributed by atoms with van der Waals surface area (Å²) in [6, 6.07) is 16.4. The number of carbonyl (C=O) groups is 3. The number of primary amides is 1. The molecular weight excluding hydrogens is 518 g/mol. The van der Waals surface area contributed by atoms with Gasteiger partial charge in [0, 0.05) is 17.0 Å². The van der Waals surface area contributed by atoms with Crippen LogP contribution in [0.3, 0.4) is 0 Å². The number of nitrogens with two attached hydrogens (primary N) is 1. The highest BCUT2D eigenvalue weighted by atomic mass is 32.1. The first kappa shape index (κ1) is 28.0. The number of thiophene rings is 1. The van der Waals surface area contributed by atoms with Gasteiger partial charge in [-0.3, -0.25) is 23.7 Å². The van der Waals surface area contributed by atoms with Crippen LogP contribution in [0.25, 0.3) is 21.0 Å². The number of aliphatic hydroxyl groups is 1. The molecule has 1 aliphatic rings. The third kappa shape index (κ3) is 6.18. The molecule has 0 radical (unpaired) electrons. The van der Waals surface area contributed by atoms with Crippen molar-refractivity contribution in [2.75, 3.05) is 13.7 Å². The molecule has 0 saturated heterocycles. The minimum Gasteiger partial charge on any atom is -0.494 e. The summed E-state index contributed by atoms with van der Waals surface area (Å²) in [5.41, 5.74) is 6.22. The SMILES string of the molecule is COc1c(C(N)=O)sc2c1c(=O)n(CC(=O)c1ccccc1)c1ccccc21.O=C(CO)NC1CCCCC1. The Morgan fingerprint density at radius 3 is 2.36 bits per heavy atom. The monoisotopic (exact) mass is 549 g/mol. The van der Waals surface area contributed by atoms with Crippen molar-refractivity contribution in [3.05, 3.63) is 75.4 Å². The summed E-state index contributed by atoms with van der Waals surface area (Å²) in [5, 5.41) is 12.3. The minimum absolute atomic E-state index is 0.121. The Hall–Kier alpha value is -4.02. The summed E-state index contributed by atoms with van der Waals surface area (Å²) in [6.45, 7) is -0.499. The van der Waals surface area contributed by atoms with Crippen LogP contribution in [0.5, 0.6) is 5.75 Å². The number of rotatable bonds is 7. The first-order valence-corrected chi connectivity index (χ1v) is 13.6. The number of nitrogens with one attached hydrogen (secondary N) is 1. The molecule has 4 N–H and O–H groups in total. The number of benzene rings is 2. The number of aromatic nitrogens is 1. The van der Waals surface area contributed by atoms with E-state index in [9.17, 15) is 19.2 Å². The maximum absolute atomic E-state index is 13.3. The van der Waals surface area contributed by atoms with E-state index in [2.05, 4.69) is 5.32 Å². The molecule has 2 heterocycles. The van der Waals surface area contributed by atoms with Crippen LogP contribution in [0.2, 0.25) is 0 Å². The molecule has 9 nitrogen and oxygen atoms in total. The Balaban J connectivity index is 0.000000270. The third-order valence-corrected chi connectivity index (χ3v) is 7.92. The number of hydrogen-bond donors (Lipinski definition) is 3. The first-order chi connectivity index (χ1) is 18.8. The number of ketones is 1. The van der Waals surface area contributed by atoms with Gasteiger partial charge in [-0.2, -0.15) is 0 Å². The van der Waals surface area contributed by atoms with Crippen molar-refractivity contribution in [1.82, 2.24) is 9.88 Å². The van der Waals surface area contributed by atoms with E-state index < -0.39 is 11.5 Å². The van der Waals surface area contributed by atoms with Gasteiger partial charge in [0.1, 0.15) is 16.9 Å². The van der Waals surface area contributed by atoms with Crippen molar-refractivity contribution in [3.8, 4) is 5.75 Å². The lowest BCUT2D eigenvalue weighted by Gasteiger charge is -2.22. The van der Waals surface area contributed by atoms with Crippen molar-refractivity contribution >= 4 is 49.9 Å². The van der Waals surface area contributed by atoms with Crippen LogP contribution in [-0.4, -0.2) is 47.0 Å². The number of ether oxygens (including phenoxy) is 1. The van der Waals surface area contributed by atoms with Gasteiger partial charge in [-0.1, -0.05) is 67.8 Å². The van der Waals surface area contributed by atoms with Gasteiger partial charge in [-0.05, 0) is 18.9 Å². The summed E-state index contributed by atoms with van der Waals surface area (Å²) in [5.74, 6) is -0.925. The number of methoxy groups -OCH3 is 1. The number of carbonyl (C=O) groups excluding carboxylic acids is 3. The Morgan fingerprint density at radius 1 is 1.05 bits per heavy atom. The van der Waals surface area contributed by atoms with E-state index in [0.717, 1.165) is 29.6 Å². The summed E-state index contributed by atoms with van der Waals surface area (Å²) in [6.07, 6.45) is 5.84. The predicted molar refractivity (Wildman–Crippen MR) is 152 cm³/mol. The van der Waals surface area contributed by atoms with Gasteiger partial charge in [-0.15, -0.1) is 11.3 Å². The van der Waals surface area contributed by atoms with Gasteiger partial charge in [0.2, 0.25) is 5.91 Å². The molecule has 4 aromatic rings. The van der Waals surface area contributed by atoms with Gasteiger partial charge in [0.05, 0.1) is 23.9 Å². The average Bonchev–Trinajstić information content (AvgIpc) is 3.37.